The fourth-order valence-electron chi connectivity index (χ4n) is 4.19. The van der Waals surface area contributed by atoms with Gasteiger partial charge in [-0.15, -0.1) is 31.5 Å². The second-order valence-electron chi connectivity index (χ2n) is 8.37. The number of ether oxygens (including phenoxy) is 3. The SMILES string of the molecule is C=CCOC[C@H]1S[C@@H](c2cccc(Cc3ccc(CO)cc3)c2)C[C@@H](OCC=C)[C@@H]1OCC=C. The Kier molecular flexibility index (Phi) is 11.1. The van der Waals surface area contributed by atoms with Crippen molar-refractivity contribution in [3.8, 4) is 0 Å². The molecular formula is C29H36O4S. The Morgan fingerprint density at radius 1 is 0.882 bits per heavy atom. The fourth-order valence-corrected chi connectivity index (χ4v) is 5.80. The molecular weight excluding hydrogens is 444 g/mol. The van der Waals surface area contributed by atoms with Gasteiger partial charge in [0, 0.05) is 5.25 Å². The minimum atomic E-state index is -0.0859. The molecule has 0 unspecified atom stereocenters. The molecule has 1 heterocycles. The molecule has 0 spiro atoms. The topological polar surface area (TPSA) is 47.9 Å². The van der Waals surface area contributed by atoms with E-state index in [-0.39, 0.29) is 29.3 Å². The van der Waals surface area contributed by atoms with Crippen molar-refractivity contribution in [1.29, 1.82) is 0 Å². The van der Waals surface area contributed by atoms with Gasteiger partial charge in [0.25, 0.3) is 0 Å². The van der Waals surface area contributed by atoms with Crippen LogP contribution in [0, 0.1) is 0 Å². The summed E-state index contributed by atoms with van der Waals surface area (Å²) in [4.78, 5) is 0. The highest BCUT2D eigenvalue weighted by Gasteiger charge is 2.40. The molecule has 2 aromatic carbocycles. The summed E-state index contributed by atoms with van der Waals surface area (Å²) in [6.45, 7) is 13.5. The lowest BCUT2D eigenvalue weighted by molar-refractivity contribution is -0.0734. The number of benzene rings is 2. The zero-order valence-corrected chi connectivity index (χ0v) is 20.6. The van der Waals surface area contributed by atoms with Crippen LogP contribution in [-0.2, 0) is 27.2 Å². The van der Waals surface area contributed by atoms with Crippen LogP contribution in [0.3, 0.4) is 0 Å². The molecule has 1 aliphatic rings. The number of aliphatic hydroxyl groups is 1. The first-order chi connectivity index (χ1) is 16.7. The third-order valence-electron chi connectivity index (χ3n) is 5.81. The van der Waals surface area contributed by atoms with Gasteiger partial charge in [-0.05, 0) is 35.1 Å². The summed E-state index contributed by atoms with van der Waals surface area (Å²) in [7, 11) is 0. The normalized spacial score (nSPS) is 22.3. The molecule has 0 aromatic heterocycles. The van der Waals surface area contributed by atoms with Crippen LogP contribution < -0.4 is 0 Å². The van der Waals surface area contributed by atoms with Gasteiger partial charge in [-0.3, -0.25) is 0 Å². The van der Waals surface area contributed by atoms with E-state index >= 15 is 0 Å². The van der Waals surface area contributed by atoms with Crippen molar-refractivity contribution in [2.24, 2.45) is 0 Å². The summed E-state index contributed by atoms with van der Waals surface area (Å²) in [5, 5.41) is 9.68. The van der Waals surface area contributed by atoms with E-state index in [1.165, 1.54) is 16.7 Å². The van der Waals surface area contributed by atoms with Crippen molar-refractivity contribution in [2.75, 3.05) is 26.4 Å². The molecule has 2 aromatic rings. The van der Waals surface area contributed by atoms with Gasteiger partial charge >= 0.3 is 0 Å². The van der Waals surface area contributed by atoms with Gasteiger partial charge in [0.15, 0.2) is 0 Å². The van der Waals surface area contributed by atoms with Gasteiger partial charge in [0.2, 0.25) is 0 Å². The van der Waals surface area contributed by atoms with Crippen LogP contribution in [0.2, 0.25) is 0 Å². The van der Waals surface area contributed by atoms with Gasteiger partial charge in [-0.25, -0.2) is 0 Å². The predicted octanol–water partition coefficient (Wildman–Crippen LogP) is 5.66. The minimum Gasteiger partial charge on any atom is -0.392 e. The summed E-state index contributed by atoms with van der Waals surface area (Å²) >= 11 is 1.90. The van der Waals surface area contributed by atoms with Gasteiger partial charge in [0.1, 0.15) is 0 Å². The maximum absolute atomic E-state index is 9.28. The maximum Gasteiger partial charge on any atom is 0.0982 e. The molecule has 1 aliphatic heterocycles. The second-order valence-corrected chi connectivity index (χ2v) is 9.82. The van der Waals surface area contributed by atoms with E-state index in [0.717, 1.165) is 18.4 Å². The van der Waals surface area contributed by atoms with Crippen molar-refractivity contribution >= 4 is 11.8 Å². The average molecular weight is 481 g/mol. The summed E-state index contributed by atoms with van der Waals surface area (Å²) in [6, 6.07) is 16.9. The number of thioether (sulfide) groups is 1. The van der Waals surface area contributed by atoms with Crippen LogP contribution in [0.4, 0.5) is 0 Å². The van der Waals surface area contributed by atoms with E-state index < -0.39 is 0 Å². The highest BCUT2D eigenvalue weighted by atomic mass is 32.2. The standard InChI is InChI=1S/C29H36O4S/c1-4-14-31-21-28-29(33-16-6-3)26(32-15-5-2)19-27(34-28)25-9-7-8-24(18-25)17-22-10-12-23(20-30)13-11-22/h4-13,18,26-30H,1-3,14-17,19-21H2/t26-,27-,28-,29+/m1/s1. The zero-order chi connectivity index (χ0) is 24.2. The Bertz CT molecular complexity index is 911. The molecule has 34 heavy (non-hydrogen) atoms. The fraction of sp³-hybridized carbons (Fsp3) is 0.379. The molecule has 0 bridgehead atoms. The Balaban J connectivity index is 1.79. The molecule has 0 radical (unpaired) electrons. The van der Waals surface area contributed by atoms with E-state index in [4.69, 9.17) is 14.2 Å². The lowest BCUT2D eigenvalue weighted by Gasteiger charge is -2.41. The molecule has 3 rings (SSSR count). The molecule has 4 atom stereocenters. The molecule has 0 amide bonds. The summed E-state index contributed by atoms with van der Waals surface area (Å²) < 4.78 is 18.2. The number of aliphatic hydroxyl groups excluding tert-OH is 1. The van der Waals surface area contributed by atoms with E-state index in [2.05, 4.69) is 56.1 Å². The Morgan fingerprint density at radius 3 is 2.29 bits per heavy atom. The van der Waals surface area contributed by atoms with Crippen molar-refractivity contribution in [1.82, 2.24) is 0 Å². The van der Waals surface area contributed by atoms with Gasteiger partial charge < -0.3 is 19.3 Å². The first kappa shape index (κ1) is 26.5. The first-order valence-electron chi connectivity index (χ1n) is 11.7. The zero-order valence-electron chi connectivity index (χ0n) is 19.8. The Labute approximate surface area is 208 Å². The van der Waals surface area contributed by atoms with E-state index in [0.29, 0.717) is 26.4 Å². The minimum absolute atomic E-state index is 0.0591. The Hall–Kier alpha value is -2.15. The molecule has 5 heteroatoms. The first-order valence-corrected chi connectivity index (χ1v) is 12.7. The summed E-state index contributed by atoms with van der Waals surface area (Å²) in [5.74, 6) is 0. The van der Waals surface area contributed by atoms with Crippen LogP contribution in [0.5, 0.6) is 0 Å². The second kappa shape index (κ2) is 14.3. The highest BCUT2D eigenvalue weighted by molar-refractivity contribution is 8.00. The molecule has 4 nitrogen and oxygen atoms in total. The van der Waals surface area contributed by atoms with Crippen LogP contribution in [0.1, 0.15) is 33.9 Å². The third kappa shape index (κ3) is 7.69. The third-order valence-corrected chi connectivity index (χ3v) is 7.35. The number of hydrogen-bond acceptors (Lipinski definition) is 5. The van der Waals surface area contributed by atoms with E-state index in [9.17, 15) is 5.11 Å². The van der Waals surface area contributed by atoms with Crippen molar-refractivity contribution in [2.45, 2.75) is 42.2 Å². The maximum atomic E-state index is 9.28. The van der Waals surface area contributed by atoms with Crippen LogP contribution in [-0.4, -0.2) is 49.0 Å². The lowest BCUT2D eigenvalue weighted by atomic mass is 9.96. The summed E-state index contributed by atoms with van der Waals surface area (Å²) in [6.07, 6.45) is 6.89. The monoisotopic (exact) mass is 480 g/mol. The average Bonchev–Trinajstić information content (AvgIpc) is 2.87. The predicted molar refractivity (Wildman–Crippen MR) is 141 cm³/mol. The van der Waals surface area contributed by atoms with E-state index in [1.807, 2.05) is 23.9 Å². The molecule has 1 fully saturated rings. The molecule has 182 valence electrons. The van der Waals surface area contributed by atoms with Crippen LogP contribution >= 0.6 is 11.8 Å². The summed E-state index contributed by atoms with van der Waals surface area (Å²) in [5.41, 5.74) is 4.71. The highest BCUT2D eigenvalue weighted by Crippen LogP contribution is 2.45. The van der Waals surface area contributed by atoms with Crippen LogP contribution in [0.15, 0.2) is 86.5 Å². The van der Waals surface area contributed by atoms with Crippen molar-refractivity contribution < 1.29 is 19.3 Å². The largest absolute Gasteiger partial charge is 0.392 e. The van der Waals surface area contributed by atoms with Gasteiger partial charge in [0.05, 0.1) is 50.5 Å². The molecule has 0 aliphatic carbocycles. The number of hydrogen-bond donors (Lipinski definition) is 1. The van der Waals surface area contributed by atoms with Crippen molar-refractivity contribution in [3.05, 3.63) is 109 Å². The lowest BCUT2D eigenvalue weighted by Crippen LogP contribution is -2.46. The quantitative estimate of drug-likeness (QED) is 0.279. The molecule has 0 saturated carbocycles. The Morgan fingerprint density at radius 2 is 1.59 bits per heavy atom. The van der Waals surface area contributed by atoms with Gasteiger partial charge in [-0.1, -0.05) is 66.8 Å². The van der Waals surface area contributed by atoms with E-state index in [1.54, 1.807) is 18.2 Å². The smallest absolute Gasteiger partial charge is 0.0982 e. The number of rotatable bonds is 14. The van der Waals surface area contributed by atoms with Crippen LogP contribution in [0.25, 0.3) is 0 Å². The molecule has 1 N–H and O–H groups in total. The van der Waals surface area contributed by atoms with Gasteiger partial charge in [-0.2, -0.15) is 0 Å². The van der Waals surface area contributed by atoms with Crippen molar-refractivity contribution in [3.63, 3.8) is 0 Å². The molecule has 1 saturated heterocycles.